The lowest BCUT2D eigenvalue weighted by molar-refractivity contribution is -0.137. The van der Waals surface area contributed by atoms with Gasteiger partial charge in [-0.15, -0.1) is 11.8 Å². The van der Waals surface area contributed by atoms with Gasteiger partial charge in [-0.2, -0.15) is 0 Å². The van der Waals surface area contributed by atoms with E-state index in [1.807, 2.05) is 18.2 Å². The van der Waals surface area contributed by atoms with Gasteiger partial charge in [-0.3, -0.25) is 9.59 Å². The molecule has 1 N–H and O–H groups in total. The van der Waals surface area contributed by atoms with Crippen molar-refractivity contribution < 1.29 is 14.3 Å². The summed E-state index contributed by atoms with van der Waals surface area (Å²) in [6.07, 6.45) is 0. The molecule has 0 aliphatic rings. The number of rotatable bonds is 4. The number of ether oxygens (including phenoxy) is 1. The molecule has 5 heteroatoms. The largest absolute Gasteiger partial charge is 0.468 e. The Bertz CT molecular complexity index is 393. The van der Waals surface area contributed by atoms with Gasteiger partial charge in [0.1, 0.15) is 0 Å². The number of carbonyl (C=O) groups is 2. The number of thioether (sulfide) groups is 1. The first-order valence-electron chi connectivity index (χ1n) is 4.69. The third kappa shape index (κ3) is 4.35. The second kappa shape index (κ2) is 6.17. The van der Waals surface area contributed by atoms with Crippen molar-refractivity contribution in [3.8, 4) is 0 Å². The Morgan fingerprint density at radius 3 is 2.81 bits per heavy atom. The van der Waals surface area contributed by atoms with Gasteiger partial charge < -0.3 is 10.1 Å². The van der Waals surface area contributed by atoms with E-state index in [9.17, 15) is 9.59 Å². The summed E-state index contributed by atoms with van der Waals surface area (Å²) in [5, 5.41) is 2.68. The van der Waals surface area contributed by atoms with Crippen LogP contribution in [0.2, 0.25) is 0 Å². The maximum absolute atomic E-state index is 10.9. The van der Waals surface area contributed by atoms with Crippen LogP contribution < -0.4 is 5.32 Å². The number of nitrogens with one attached hydrogen (secondary N) is 1. The van der Waals surface area contributed by atoms with Crippen molar-refractivity contribution in [2.75, 3.05) is 18.2 Å². The zero-order valence-corrected chi connectivity index (χ0v) is 9.97. The molecule has 0 saturated heterocycles. The molecule has 1 rings (SSSR count). The summed E-state index contributed by atoms with van der Waals surface area (Å²) < 4.78 is 4.54. The summed E-state index contributed by atoms with van der Waals surface area (Å²) in [7, 11) is 1.36. The van der Waals surface area contributed by atoms with Crippen LogP contribution in [-0.4, -0.2) is 24.7 Å². The Hall–Kier alpha value is -1.49. The predicted molar refractivity (Wildman–Crippen MR) is 63.5 cm³/mol. The number of hydrogen-bond donors (Lipinski definition) is 1. The van der Waals surface area contributed by atoms with E-state index in [-0.39, 0.29) is 17.6 Å². The molecular formula is C11H13NO3S. The highest BCUT2D eigenvalue weighted by Gasteiger charge is 2.03. The molecule has 1 aromatic rings. The first-order chi connectivity index (χ1) is 7.61. The molecule has 4 nitrogen and oxygen atoms in total. The normalized spacial score (nSPS) is 9.62. The second-order valence-electron chi connectivity index (χ2n) is 3.07. The minimum Gasteiger partial charge on any atom is -0.468 e. The van der Waals surface area contributed by atoms with Crippen LogP contribution in [0.4, 0.5) is 5.69 Å². The number of carbonyl (C=O) groups excluding carboxylic acids is 2. The second-order valence-corrected chi connectivity index (χ2v) is 4.12. The maximum Gasteiger partial charge on any atom is 0.315 e. The molecular weight excluding hydrogens is 226 g/mol. The van der Waals surface area contributed by atoms with E-state index in [4.69, 9.17) is 0 Å². The number of esters is 1. The zero-order chi connectivity index (χ0) is 12.0. The summed E-state index contributed by atoms with van der Waals surface area (Å²) in [6, 6.07) is 7.31. The fraction of sp³-hybridized carbons (Fsp3) is 0.273. The molecule has 0 bridgehead atoms. The molecule has 0 spiro atoms. The monoisotopic (exact) mass is 239 g/mol. The molecule has 0 aromatic heterocycles. The number of anilines is 1. The number of benzene rings is 1. The van der Waals surface area contributed by atoms with Gasteiger partial charge >= 0.3 is 5.97 Å². The molecule has 0 unspecified atom stereocenters. The lowest BCUT2D eigenvalue weighted by Gasteiger charge is -2.04. The summed E-state index contributed by atoms with van der Waals surface area (Å²) >= 11 is 1.37. The van der Waals surface area contributed by atoms with Crippen LogP contribution in [0.25, 0.3) is 0 Å². The standard InChI is InChI=1S/C11H13NO3S/c1-8(13)12-9-4-3-5-10(6-9)16-7-11(14)15-2/h3-6H,7H2,1-2H3,(H,12,13). The molecule has 16 heavy (non-hydrogen) atoms. The molecule has 0 fully saturated rings. The third-order valence-electron chi connectivity index (χ3n) is 1.74. The smallest absolute Gasteiger partial charge is 0.315 e. The number of amides is 1. The van der Waals surface area contributed by atoms with Crippen LogP contribution in [0.15, 0.2) is 29.2 Å². The highest BCUT2D eigenvalue weighted by molar-refractivity contribution is 8.00. The van der Waals surface area contributed by atoms with E-state index in [1.54, 1.807) is 6.07 Å². The summed E-state index contributed by atoms with van der Waals surface area (Å²) in [4.78, 5) is 22.7. The van der Waals surface area contributed by atoms with Crippen LogP contribution in [0.1, 0.15) is 6.92 Å². The SMILES string of the molecule is COC(=O)CSc1cccc(NC(C)=O)c1. The van der Waals surface area contributed by atoms with E-state index < -0.39 is 0 Å². The highest BCUT2D eigenvalue weighted by Crippen LogP contribution is 2.21. The molecule has 1 amide bonds. The van der Waals surface area contributed by atoms with Gasteiger partial charge in [0, 0.05) is 17.5 Å². The van der Waals surface area contributed by atoms with Crippen molar-refractivity contribution in [1.29, 1.82) is 0 Å². The summed E-state index contributed by atoms with van der Waals surface area (Å²) in [5.41, 5.74) is 0.724. The Kier molecular flexibility index (Phi) is 4.85. The molecule has 0 saturated carbocycles. The Morgan fingerprint density at radius 1 is 1.44 bits per heavy atom. The molecule has 0 radical (unpaired) electrons. The van der Waals surface area contributed by atoms with Crippen LogP contribution in [0, 0.1) is 0 Å². The van der Waals surface area contributed by atoms with E-state index in [0.29, 0.717) is 0 Å². The van der Waals surface area contributed by atoms with Crippen molar-refractivity contribution in [2.45, 2.75) is 11.8 Å². The van der Waals surface area contributed by atoms with Gasteiger partial charge in [0.25, 0.3) is 0 Å². The van der Waals surface area contributed by atoms with Gasteiger partial charge in [-0.1, -0.05) is 6.07 Å². The first kappa shape index (κ1) is 12.6. The minimum absolute atomic E-state index is 0.116. The molecule has 1 aromatic carbocycles. The summed E-state index contributed by atoms with van der Waals surface area (Å²) in [6.45, 7) is 1.45. The van der Waals surface area contributed by atoms with Crippen LogP contribution in [0.3, 0.4) is 0 Å². The van der Waals surface area contributed by atoms with E-state index >= 15 is 0 Å². The molecule has 0 aliphatic heterocycles. The molecule has 86 valence electrons. The first-order valence-corrected chi connectivity index (χ1v) is 5.67. The average Bonchev–Trinajstić information content (AvgIpc) is 2.25. The van der Waals surface area contributed by atoms with Crippen molar-refractivity contribution in [2.24, 2.45) is 0 Å². The van der Waals surface area contributed by atoms with Crippen molar-refractivity contribution in [3.05, 3.63) is 24.3 Å². The van der Waals surface area contributed by atoms with E-state index in [0.717, 1.165) is 10.6 Å². The molecule has 0 atom stereocenters. The predicted octanol–water partition coefficient (Wildman–Crippen LogP) is 1.91. The fourth-order valence-electron chi connectivity index (χ4n) is 1.07. The van der Waals surface area contributed by atoms with Gasteiger partial charge in [-0.25, -0.2) is 0 Å². The minimum atomic E-state index is -0.269. The third-order valence-corrected chi connectivity index (χ3v) is 2.71. The lowest BCUT2D eigenvalue weighted by Crippen LogP contribution is -2.06. The zero-order valence-electron chi connectivity index (χ0n) is 9.15. The lowest BCUT2D eigenvalue weighted by atomic mass is 10.3. The fourth-order valence-corrected chi connectivity index (χ4v) is 1.86. The average molecular weight is 239 g/mol. The van der Waals surface area contributed by atoms with Crippen LogP contribution >= 0.6 is 11.8 Å². The Balaban J connectivity index is 2.60. The topological polar surface area (TPSA) is 55.4 Å². The van der Waals surface area contributed by atoms with Crippen LogP contribution in [-0.2, 0) is 14.3 Å². The van der Waals surface area contributed by atoms with Crippen molar-refractivity contribution in [1.82, 2.24) is 0 Å². The van der Waals surface area contributed by atoms with Gasteiger partial charge in [0.2, 0.25) is 5.91 Å². The molecule has 0 aliphatic carbocycles. The van der Waals surface area contributed by atoms with E-state index in [2.05, 4.69) is 10.1 Å². The van der Waals surface area contributed by atoms with Gasteiger partial charge in [0.15, 0.2) is 0 Å². The Morgan fingerprint density at radius 2 is 2.19 bits per heavy atom. The molecule has 0 heterocycles. The quantitative estimate of drug-likeness (QED) is 0.644. The Labute approximate surface area is 98.4 Å². The van der Waals surface area contributed by atoms with Crippen LogP contribution in [0.5, 0.6) is 0 Å². The number of methoxy groups -OCH3 is 1. The number of hydrogen-bond acceptors (Lipinski definition) is 4. The maximum atomic E-state index is 10.9. The van der Waals surface area contributed by atoms with Gasteiger partial charge in [-0.05, 0) is 18.2 Å². The van der Waals surface area contributed by atoms with E-state index in [1.165, 1.54) is 25.8 Å². The van der Waals surface area contributed by atoms with Crippen molar-refractivity contribution in [3.63, 3.8) is 0 Å². The van der Waals surface area contributed by atoms with Crippen molar-refractivity contribution >= 4 is 29.3 Å². The summed E-state index contributed by atoms with van der Waals surface area (Å²) in [5.74, 6) is -0.120. The highest BCUT2D eigenvalue weighted by atomic mass is 32.2. The van der Waals surface area contributed by atoms with Gasteiger partial charge in [0.05, 0.1) is 12.9 Å².